The highest BCUT2D eigenvalue weighted by Gasteiger charge is 2.33. The van der Waals surface area contributed by atoms with Crippen LogP contribution in [0.2, 0.25) is 0 Å². The lowest BCUT2D eigenvalue weighted by molar-refractivity contribution is -0.139. The number of ether oxygens (including phenoxy) is 4. The van der Waals surface area contributed by atoms with Gasteiger partial charge in [-0.05, 0) is 19.8 Å². The minimum absolute atomic E-state index is 0.0107. The van der Waals surface area contributed by atoms with Gasteiger partial charge in [-0.15, -0.1) is 0 Å². The van der Waals surface area contributed by atoms with E-state index in [0.717, 1.165) is 12.8 Å². The number of nitrogens with zero attached hydrogens (tertiary/aromatic N) is 1. The Labute approximate surface area is 267 Å². The summed E-state index contributed by atoms with van der Waals surface area (Å²) in [7, 11) is -2.71. The van der Waals surface area contributed by atoms with E-state index in [2.05, 4.69) is 21.7 Å². The Bertz CT molecular complexity index is 1110. The summed E-state index contributed by atoms with van der Waals surface area (Å²) in [6, 6.07) is 0. The van der Waals surface area contributed by atoms with E-state index in [1.165, 1.54) is 94.9 Å². The van der Waals surface area contributed by atoms with E-state index >= 15 is 0 Å². The molecular weight excluding hydrogens is 605 g/mol. The van der Waals surface area contributed by atoms with E-state index in [1.807, 2.05) is 0 Å². The number of H-pyrrole nitrogens is 1. The largest absolute Gasteiger partial charge is 0.468 e. The number of rotatable bonds is 27. The predicted molar refractivity (Wildman–Crippen MR) is 171 cm³/mol. The van der Waals surface area contributed by atoms with Crippen molar-refractivity contribution in [3.8, 4) is 0 Å². The van der Waals surface area contributed by atoms with Crippen molar-refractivity contribution in [2.24, 2.45) is 0 Å². The Morgan fingerprint density at radius 1 is 0.933 bits per heavy atom. The van der Waals surface area contributed by atoms with Crippen LogP contribution in [0.4, 0.5) is 0 Å². The molecule has 0 bridgehead atoms. The topological polar surface area (TPSA) is 156 Å². The van der Waals surface area contributed by atoms with Gasteiger partial charge in [0.1, 0.15) is 13.2 Å². The Balaban J connectivity index is 1.57. The Morgan fingerprint density at radius 2 is 1.53 bits per heavy atom. The Kier molecular flexibility index (Phi) is 20.5. The maximum absolute atomic E-state index is 13.3. The molecule has 1 saturated heterocycles. The summed E-state index contributed by atoms with van der Waals surface area (Å²) in [6.07, 6.45) is 18.4. The van der Waals surface area contributed by atoms with Crippen LogP contribution in [0, 0.1) is 6.92 Å². The maximum Gasteiger partial charge on any atom is 0.406 e. The summed E-state index contributed by atoms with van der Waals surface area (Å²) < 4.78 is 46.9. The first-order valence-corrected chi connectivity index (χ1v) is 18.2. The predicted octanol–water partition coefficient (Wildman–Crippen LogP) is 5.51. The van der Waals surface area contributed by atoms with Gasteiger partial charge in [0.15, 0.2) is 12.5 Å². The molecule has 1 fully saturated rings. The lowest BCUT2D eigenvalue weighted by atomic mass is 10.0. The molecule has 0 radical (unpaired) electrons. The van der Waals surface area contributed by atoms with Crippen LogP contribution >= 0.6 is 7.75 Å². The Morgan fingerprint density at radius 3 is 2.16 bits per heavy atom. The fourth-order valence-corrected chi connectivity index (χ4v) is 6.11. The highest BCUT2D eigenvalue weighted by Crippen LogP contribution is 2.44. The molecule has 1 aromatic heterocycles. The zero-order chi connectivity index (χ0) is 32.8. The number of nitrogens with one attached hydrogen (secondary N) is 2. The van der Waals surface area contributed by atoms with E-state index in [9.17, 15) is 18.9 Å². The van der Waals surface area contributed by atoms with Crippen LogP contribution in [0.25, 0.3) is 0 Å². The molecule has 1 aliphatic heterocycles. The van der Waals surface area contributed by atoms with Gasteiger partial charge in [-0.2, -0.15) is 0 Å². The SMILES string of the molecule is CCCCCCCCCCCCCCCCOCCCOP(=O)(NCC(=O)OC)OC[C@@H]1OC[C@H](n2cc(C)c(=O)[nH]c2=O)O1. The molecule has 1 aromatic rings. The zero-order valence-electron chi connectivity index (χ0n) is 27.6. The second kappa shape index (κ2) is 23.5. The van der Waals surface area contributed by atoms with Crippen molar-refractivity contribution in [1.82, 2.24) is 14.6 Å². The van der Waals surface area contributed by atoms with E-state index in [1.54, 1.807) is 6.92 Å². The van der Waals surface area contributed by atoms with Gasteiger partial charge in [-0.25, -0.2) is 14.4 Å². The normalized spacial score (nSPS) is 17.8. The number of aromatic nitrogens is 2. The number of hydrogen-bond donors (Lipinski definition) is 2. The van der Waals surface area contributed by atoms with Gasteiger partial charge in [0, 0.05) is 25.0 Å². The van der Waals surface area contributed by atoms with Crippen LogP contribution in [0.1, 0.15) is 115 Å². The number of methoxy groups -OCH3 is 1. The van der Waals surface area contributed by atoms with Crippen molar-refractivity contribution < 1.29 is 37.4 Å². The van der Waals surface area contributed by atoms with Crippen molar-refractivity contribution in [3.63, 3.8) is 0 Å². The van der Waals surface area contributed by atoms with Crippen molar-refractivity contribution in [1.29, 1.82) is 0 Å². The fourth-order valence-electron chi connectivity index (χ4n) is 4.84. The number of carbonyl (C=O) groups excluding carboxylic acids is 1. The summed E-state index contributed by atoms with van der Waals surface area (Å²) in [6.45, 7) is 4.34. The first-order chi connectivity index (χ1) is 21.8. The zero-order valence-corrected chi connectivity index (χ0v) is 28.5. The standard InChI is InChI=1S/C31H56N3O10P/c1-4-5-6-7-8-9-10-11-12-13-14-15-16-17-19-40-20-18-21-42-45(38,32-22-28(35)39-3)43-25-29-41-24-27(44-29)34-23-26(2)30(36)33-31(34)37/h23,27,29H,4-22,24-25H2,1-3H3,(H,32,38)(H,33,36,37)/t27-,29-,45?/m1/s1. The smallest absolute Gasteiger partial charge is 0.406 e. The van der Waals surface area contributed by atoms with Crippen LogP contribution in [0.15, 0.2) is 15.8 Å². The lowest BCUT2D eigenvalue weighted by Crippen LogP contribution is -2.34. The molecule has 0 amide bonds. The first kappa shape index (κ1) is 39.3. The molecule has 0 spiro atoms. The summed E-state index contributed by atoms with van der Waals surface area (Å²) in [4.78, 5) is 37.6. The van der Waals surface area contributed by atoms with Crippen molar-refractivity contribution in [2.75, 3.05) is 46.7 Å². The van der Waals surface area contributed by atoms with Crippen LogP contribution in [-0.4, -0.2) is 68.5 Å². The molecule has 1 aliphatic rings. The fraction of sp³-hybridized carbons (Fsp3) is 0.839. The number of carbonyl (C=O) groups is 1. The minimum Gasteiger partial charge on any atom is -0.468 e. The van der Waals surface area contributed by atoms with Crippen LogP contribution in [0.3, 0.4) is 0 Å². The molecule has 2 heterocycles. The molecular formula is C31H56N3O10P. The van der Waals surface area contributed by atoms with Gasteiger partial charge < -0.3 is 18.9 Å². The molecule has 2 rings (SSSR count). The first-order valence-electron chi connectivity index (χ1n) is 16.7. The summed E-state index contributed by atoms with van der Waals surface area (Å²) in [5.41, 5.74) is -0.780. The Hall–Kier alpha value is -1.86. The summed E-state index contributed by atoms with van der Waals surface area (Å²) >= 11 is 0. The third kappa shape index (κ3) is 17.0. The van der Waals surface area contributed by atoms with Gasteiger partial charge in [0.05, 0.1) is 20.3 Å². The van der Waals surface area contributed by atoms with Crippen LogP contribution in [-0.2, 0) is 37.4 Å². The highest BCUT2D eigenvalue weighted by molar-refractivity contribution is 7.51. The number of unbranched alkanes of at least 4 members (excludes halogenated alkanes) is 13. The summed E-state index contributed by atoms with van der Waals surface area (Å²) in [5, 5.41) is 2.48. The van der Waals surface area contributed by atoms with Crippen molar-refractivity contribution in [2.45, 2.75) is 123 Å². The van der Waals surface area contributed by atoms with Gasteiger partial charge in [-0.3, -0.25) is 28.2 Å². The van der Waals surface area contributed by atoms with Gasteiger partial charge in [0.2, 0.25) is 0 Å². The summed E-state index contributed by atoms with van der Waals surface area (Å²) in [5.74, 6) is -0.639. The monoisotopic (exact) mass is 661 g/mol. The molecule has 13 nitrogen and oxygen atoms in total. The van der Waals surface area contributed by atoms with E-state index in [-0.39, 0.29) is 26.4 Å². The maximum atomic E-state index is 13.3. The number of aromatic amines is 1. The highest BCUT2D eigenvalue weighted by atomic mass is 31.2. The second-order valence-electron chi connectivity index (χ2n) is 11.4. The average molecular weight is 662 g/mol. The van der Waals surface area contributed by atoms with E-state index < -0.39 is 37.5 Å². The lowest BCUT2D eigenvalue weighted by Gasteiger charge is -2.20. The third-order valence-corrected chi connectivity index (χ3v) is 9.11. The molecule has 2 N–H and O–H groups in total. The molecule has 0 aromatic carbocycles. The van der Waals surface area contributed by atoms with Crippen LogP contribution < -0.4 is 16.3 Å². The molecule has 14 heteroatoms. The number of hydrogen-bond acceptors (Lipinski definition) is 10. The molecule has 1 unspecified atom stereocenters. The quantitative estimate of drug-likeness (QED) is 0.0696. The van der Waals surface area contributed by atoms with Crippen molar-refractivity contribution >= 4 is 13.7 Å². The third-order valence-electron chi connectivity index (χ3n) is 7.55. The molecule has 45 heavy (non-hydrogen) atoms. The van der Waals surface area contributed by atoms with Crippen LogP contribution in [0.5, 0.6) is 0 Å². The van der Waals surface area contributed by atoms with E-state index in [4.69, 9.17) is 23.3 Å². The van der Waals surface area contributed by atoms with Gasteiger partial charge in [-0.1, -0.05) is 90.4 Å². The van der Waals surface area contributed by atoms with Gasteiger partial charge in [0.25, 0.3) is 5.56 Å². The van der Waals surface area contributed by atoms with E-state index in [0.29, 0.717) is 25.2 Å². The molecule has 3 atom stereocenters. The average Bonchev–Trinajstić information content (AvgIpc) is 3.51. The van der Waals surface area contributed by atoms with Gasteiger partial charge >= 0.3 is 19.4 Å². The second-order valence-corrected chi connectivity index (χ2v) is 13.3. The molecule has 0 saturated carbocycles. The minimum atomic E-state index is -3.93. The number of aryl methyl sites for hydroxylation is 1. The number of esters is 1. The molecule has 260 valence electrons. The van der Waals surface area contributed by atoms with Crippen molar-refractivity contribution in [3.05, 3.63) is 32.6 Å². The molecule has 0 aliphatic carbocycles.